The molecule has 2 aromatic rings. The molecule has 1 aliphatic carbocycles. The van der Waals surface area contributed by atoms with Gasteiger partial charge in [0.2, 0.25) is 5.95 Å². The van der Waals surface area contributed by atoms with Crippen LogP contribution in [0.25, 0.3) is 0 Å². The molecule has 1 aliphatic rings. The molecule has 0 saturated heterocycles. The van der Waals surface area contributed by atoms with Crippen molar-refractivity contribution >= 4 is 0 Å². The number of hydrogen-bond donors (Lipinski definition) is 0. The smallest absolute Gasteiger partial charge is 0.225 e. The van der Waals surface area contributed by atoms with E-state index in [1.807, 2.05) is 0 Å². The Balaban J connectivity index is 1.50. The molecule has 26 heavy (non-hydrogen) atoms. The van der Waals surface area contributed by atoms with Crippen LogP contribution in [-0.2, 0) is 12.8 Å². The number of halogens is 2. The summed E-state index contributed by atoms with van der Waals surface area (Å²) in [4.78, 5) is 3.45. The van der Waals surface area contributed by atoms with Gasteiger partial charge in [0.05, 0.1) is 0 Å². The van der Waals surface area contributed by atoms with Crippen LogP contribution in [0.15, 0.2) is 36.5 Å². The normalized spacial score (nSPS) is 20.3. The molecular formula is C23H29F2N. The molecule has 1 fully saturated rings. The van der Waals surface area contributed by atoms with Gasteiger partial charge in [-0.2, -0.15) is 4.39 Å². The standard InChI is InChI=1S/C23H29F2N/c1-2-3-4-17-7-11-20(12-8-17)21-13-9-18(10-14-21)5-6-19-15-22(24)23(25)26-16-19/h9-10,13-17,20H,2-8,11-12H2,1H3/t17-,20-. The molecule has 0 bridgehead atoms. The Morgan fingerprint density at radius 1 is 0.962 bits per heavy atom. The van der Waals surface area contributed by atoms with E-state index in [1.54, 1.807) is 0 Å². The van der Waals surface area contributed by atoms with Gasteiger partial charge in [0, 0.05) is 6.20 Å². The summed E-state index contributed by atoms with van der Waals surface area (Å²) in [5.74, 6) is -0.248. The Kier molecular flexibility index (Phi) is 6.76. The van der Waals surface area contributed by atoms with E-state index in [0.29, 0.717) is 12.3 Å². The molecule has 0 radical (unpaired) electrons. The third kappa shape index (κ3) is 5.12. The second-order valence-electron chi connectivity index (χ2n) is 7.72. The monoisotopic (exact) mass is 357 g/mol. The summed E-state index contributed by atoms with van der Waals surface area (Å²) >= 11 is 0. The summed E-state index contributed by atoms with van der Waals surface area (Å²) in [6.45, 7) is 2.27. The minimum atomic E-state index is -1.03. The lowest BCUT2D eigenvalue weighted by molar-refractivity contribution is 0.304. The second-order valence-corrected chi connectivity index (χ2v) is 7.72. The number of unbranched alkanes of at least 4 members (excludes halogenated alkanes) is 1. The molecule has 1 heterocycles. The van der Waals surface area contributed by atoms with E-state index in [0.717, 1.165) is 17.9 Å². The van der Waals surface area contributed by atoms with Gasteiger partial charge in [-0.25, -0.2) is 9.37 Å². The predicted molar refractivity (Wildman–Crippen MR) is 102 cm³/mol. The van der Waals surface area contributed by atoms with Gasteiger partial charge in [-0.1, -0.05) is 50.5 Å². The molecular weight excluding hydrogens is 328 g/mol. The Hall–Kier alpha value is -1.77. The molecule has 1 nitrogen and oxygen atoms in total. The molecule has 0 N–H and O–H groups in total. The van der Waals surface area contributed by atoms with Crippen molar-refractivity contribution in [1.29, 1.82) is 0 Å². The van der Waals surface area contributed by atoms with Crippen LogP contribution >= 0.6 is 0 Å². The van der Waals surface area contributed by atoms with Crippen LogP contribution in [0.2, 0.25) is 0 Å². The SMILES string of the molecule is CCCC[C@H]1CC[C@H](c2ccc(CCc3cnc(F)c(F)c3)cc2)CC1. The molecule has 0 atom stereocenters. The average Bonchev–Trinajstić information content (AvgIpc) is 2.68. The molecule has 140 valence electrons. The number of nitrogens with zero attached hydrogens (tertiary/aromatic N) is 1. The van der Waals surface area contributed by atoms with E-state index >= 15 is 0 Å². The number of pyridine rings is 1. The molecule has 0 spiro atoms. The van der Waals surface area contributed by atoms with Crippen LogP contribution in [-0.4, -0.2) is 4.98 Å². The van der Waals surface area contributed by atoms with Crippen molar-refractivity contribution in [2.24, 2.45) is 5.92 Å². The maximum absolute atomic E-state index is 13.2. The lowest BCUT2D eigenvalue weighted by Gasteiger charge is -2.29. The van der Waals surface area contributed by atoms with Crippen LogP contribution in [0.5, 0.6) is 0 Å². The highest BCUT2D eigenvalue weighted by Crippen LogP contribution is 2.37. The average molecular weight is 357 g/mol. The summed E-state index contributed by atoms with van der Waals surface area (Å²) in [7, 11) is 0. The van der Waals surface area contributed by atoms with Crippen molar-refractivity contribution in [3.05, 3.63) is 65.0 Å². The van der Waals surface area contributed by atoms with Crippen molar-refractivity contribution in [3.63, 3.8) is 0 Å². The lowest BCUT2D eigenvalue weighted by atomic mass is 9.77. The highest BCUT2D eigenvalue weighted by molar-refractivity contribution is 5.27. The number of aryl methyl sites for hydroxylation is 2. The molecule has 1 aromatic heterocycles. The Morgan fingerprint density at radius 2 is 1.65 bits per heavy atom. The van der Waals surface area contributed by atoms with Gasteiger partial charge in [-0.3, -0.25) is 0 Å². The molecule has 0 unspecified atom stereocenters. The van der Waals surface area contributed by atoms with E-state index in [-0.39, 0.29) is 0 Å². The van der Waals surface area contributed by atoms with Crippen LogP contribution in [0, 0.1) is 17.7 Å². The number of hydrogen-bond acceptors (Lipinski definition) is 1. The van der Waals surface area contributed by atoms with Crippen molar-refractivity contribution < 1.29 is 8.78 Å². The van der Waals surface area contributed by atoms with Gasteiger partial charge in [-0.15, -0.1) is 0 Å². The molecule has 3 rings (SSSR count). The fourth-order valence-electron chi connectivity index (χ4n) is 4.12. The first kappa shape index (κ1) is 19.0. The molecule has 0 aliphatic heterocycles. The summed E-state index contributed by atoms with van der Waals surface area (Å²) in [6, 6.07) is 10.1. The lowest BCUT2D eigenvalue weighted by Crippen LogP contribution is -2.13. The van der Waals surface area contributed by atoms with Gasteiger partial charge < -0.3 is 0 Å². The van der Waals surface area contributed by atoms with E-state index in [4.69, 9.17) is 0 Å². The van der Waals surface area contributed by atoms with Crippen LogP contribution in [0.1, 0.15) is 74.5 Å². The van der Waals surface area contributed by atoms with E-state index in [2.05, 4.69) is 36.2 Å². The second kappa shape index (κ2) is 9.25. The minimum Gasteiger partial charge on any atom is -0.225 e. The van der Waals surface area contributed by atoms with Crippen molar-refractivity contribution in [1.82, 2.24) is 4.98 Å². The van der Waals surface area contributed by atoms with Crippen LogP contribution < -0.4 is 0 Å². The molecule has 0 amide bonds. The molecule has 1 aromatic carbocycles. The fraction of sp³-hybridized carbons (Fsp3) is 0.522. The maximum Gasteiger partial charge on any atom is 0.248 e. The summed E-state index contributed by atoms with van der Waals surface area (Å²) in [5, 5.41) is 0. The van der Waals surface area contributed by atoms with Gasteiger partial charge in [0.25, 0.3) is 0 Å². The Bertz CT molecular complexity index is 688. The third-order valence-electron chi connectivity index (χ3n) is 5.82. The zero-order valence-electron chi connectivity index (χ0n) is 15.7. The zero-order valence-corrected chi connectivity index (χ0v) is 15.7. The van der Waals surface area contributed by atoms with E-state index < -0.39 is 11.8 Å². The Labute approximate surface area is 155 Å². The van der Waals surface area contributed by atoms with Gasteiger partial charge >= 0.3 is 0 Å². The number of benzene rings is 1. The van der Waals surface area contributed by atoms with Gasteiger partial charge in [0.1, 0.15) is 0 Å². The minimum absolute atomic E-state index is 0.673. The van der Waals surface area contributed by atoms with Crippen molar-refractivity contribution in [2.75, 3.05) is 0 Å². The summed E-state index contributed by atoms with van der Waals surface area (Å²) in [6.07, 6.45) is 12.4. The first-order chi connectivity index (χ1) is 12.7. The van der Waals surface area contributed by atoms with E-state index in [1.165, 1.54) is 68.3 Å². The molecule has 1 saturated carbocycles. The van der Waals surface area contributed by atoms with Crippen LogP contribution in [0.4, 0.5) is 8.78 Å². The van der Waals surface area contributed by atoms with Crippen molar-refractivity contribution in [3.8, 4) is 0 Å². The summed E-state index contributed by atoms with van der Waals surface area (Å²) < 4.78 is 26.1. The zero-order chi connectivity index (χ0) is 18.4. The largest absolute Gasteiger partial charge is 0.248 e. The van der Waals surface area contributed by atoms with Gasteiger partial charge in [-0.05, 0) is 73.1 Å². The number of aromatic nitrogens is 1. The van der Waals surface area contributed by atoms with Crippen molar-refractivity contribution in [2.45, 2.75) is 70.6 Å². The fourth-order valence-corrected chi connectivity index (χ4v) is 4.12. The third-order valence-corrected chi connectivity index (χ3v) is 5.82. The first-order valence-electron chi connectivity index (χ1n) is 10.0. The number of rotatable bonds is 7. The van der Waals surface area contributed by atoms with Gasteiger partial charge in [0.15, 0.2) is 5.82 Å². The van der Waals surface area contributed by atoms with Crippen LogP contribution in [0.3, 0.4) is 0 Å². The Morgan fingerprint density at radius 3 is 2.31 bits per heavy atom. The highest BCUT2D eigenvalue weighted by Gasteiger charge is 2.21. The summed E-state index contributed by atoms with van der Waals surface area (Å²) in [5.41, 5.74) is 3.42. The van der Waals surface area contributed by atoms with E-state index in [9.17, 15) is 8.78 Å². The predicted octanol–water partition coefficient (Wildman–Crippen LogP) is 6.61. The quantitative estimate of drug-likeness (QED) is 0.508. The molecule has 3 heteroatoms. The highest BCUT2D eigenvalue weighted by atomic mass is 19.2. The first-order valence-corrected chi connectivity index (χ1v) is 10.0. The maximum atomic E-state index is 13.2. The topological polar surface area (TPSA) is 12.9 Å².